The van der Waals surface area contributed by atoms with E-state index in [0.717, 1.165) is 11.2 Å². The molecule has 9 nitrogen and oxygen atoms in total. The minimum atomic E-state index is -2.61. The summed E-state index contributed by atoms with van der Waals surface area (Å²) in [7, 11) is -1.70. The van der Waals surface area contributed by atoms with Crippen LogP contribution in [0.5, 0.6) is 0 Å². The normalized spacial score (nSPS) is 11.3. The van der Waals surface area contributed by atoms with Gasteiger partial charge in [-0.15, -0.1) is 0 Å². The monoisotopic (exact) mass is 584 g/mol. The standard InChI is InChI=1S/C15H22O4Si.C13H26O5Si/c1-13(2)15(16)19-11-8-12-20(17-3,18-4)14-9-6-5-7-10-14;1-6-16-19(17-7-2,18-8-3)11-9-10-15-13(14)12(4)5/h5-7,9-10H,1,8,11-12H2,2-4H3;4,6-11H2,1-3,5H3. The SMILES string of the molecule is C=C(C)C(=O)OCCC[Si](OC)(OC)c1ccccc1.C=C(C)C(=O)OCCC[Si](OCC)(OCC)OCC. The molecule has 0 bridgehead atoms. The number of rotatable bonds is 19. The Bertz CT molecular complexity index is 841. The van der Waals surface area contributed by atoms with Gasteiger partial charge in [-0.25, -0.2) is 9.59 Å². The zero-order chi connectivity index (χ0) is 29.7. The molecule has 0 unspecified atom stereocenters. The molecule has 0 aliphatic rings. The Kier molecular flexibility index (Phi) is 19.6. The van der Waals surface area contributed by atoms with Crippen molar-refractivity contribution in [1.29, 1.82) is 0 Å². The molecule has 0 atom stereocenters. The highest BCUT2D eigenvalue weighted by molar-refractivity contribution is 6.81. The van der Waals surface area contributed by atoms with Gasteiger partial charge in [0.25, 0.3) is 0 Å². The molecule has 1 aromatic carbocycles. The second-order valence-corrected chi connectivity index (χ2v) is 14.7. The van der Waals surface area contributed by atoms with Crippen LogP contribution in [0.1, 0.15) is 47.5 Å². The van der Waals surface area contributed by atoms with Crippen molar-refractivity contribution in [3.8, 4) is 0 Å². The summed E-state index contributed by atoms with van der Waals surface area (Å²) in [6, 6.07) is 11.3. The maximum Gasteiger partial charge on any atom is 0.501 e. The molecule has 0 aliphatic carbocycles. The van der Waals surface area contributed by atoms with E-state index in [9.17, 15) is 9.59 Å². The summed E-state index contributed by atoms with van der Waals surface area (Å²) in [5, 5.41) is 1.08. The Morgan fingerprint density at radius 1 is 0.718 bits per heavy atom. The summed E-state index contributed by atoms with van der Waals surface area (Å²) in [5.41, 5.74) is 0.818. The first kappa shape index (κ1) is 36.9. The van der Waals surface area contributed by atoms with Crippen molar-refractivity contribution in [3.63, 3.8) is 0 Å². The molecule has 0 N–H and O–H groups in total. The molecule has 0 saturated heterocycles. The van der Waals surface area contributed by atoms with Gasteiger partial charge < -0.3 is 31.6 Å². The van der Waals surface area contributed by atoms with Crippen LogP contribution in [0, 0.1) is 0 Å². The van der Waals surface area contributed by atoms with E-state index in [1.807, 2.05) is 51.1 Å². The largest absolute Gasteiger partial charge is 0.501 e. The van der Waals surface area contributed by atoms with Gasteiger partial charge in [0.1, 0.15) is 0 Å². The van der Waals surface area contributed by atoms with Crippen molar-refractivity contribution >= 4 is 34.5 Å². The third-order valence-electron chi connectivity index (χ3n) is 5.41. The maximum absolute atomic E-state index is 11.3. The van der Waals surface area contributed by atoms with Crippen molar-refractivity contribution in [2.75, 3.05) is 47.3 Å². The Labute approximate surface area is 237 Å². The Morgan fingerprint density at radius 2 is 1.13 bits per heavy atom. The van der Waals surface area contributed by atoms with Crippen LogP contribution < -0.4 is 5.19 Å². The molecule has 1 rings (SSSR count). The average Bonchev–Trinajstić information content (AvgIpc) is 2.92. The highest BCUT2D eigenvalue weighted by atomic mass is 28.4. The average molecular weight is 585 g/mol. The fraction of sp³-hybridized carbons (Fsp3) is 0.571. The zero-order valence-electron chi connectivity index (χ0n) is 24.8. The van der Waals surface area contributed by atoms with Crippen LogP contribution in [0.2, 0.25) is 12.1 Å². The van der Waals surface area contributed by atoms with Gasteiger partial charge in [-0.05, 0) is 58.7 Å². The third-order valence-corrected chi connectivity index (χ3v) is 12.1. The van der Waals surface area contributed by atoms with E-state index in [4.69, 9.17) is 31.6 Å². The van der Waals surface area contributed by atoms with Gasteiger partial charge in [-0.2, -0.15) is 0 Å². The summed E-state index contributed by atoms with van der Waals surface area (Å²) in [4.78, 5) is 22.5. The van der Waals surface area contributed by atoms with E-state index in [1.165, 1.54) is 0 Å². The summed E-state index contributed by atoms with van der Waals surface area (Å²) < 4.78 is 38.6. The maximum atomic E-state index is 11.3. The highest BCUT2D eigenvalue weighted by Crippen LogP contribution is 2.18. The van der Waals surface area contributed by atoms with Crippen LogP contribution in [0.15, 0.2) is 54.6 Å². The first-order valence-corrected chi connectivity index (χ1v) is 17.2. The molecule has 222 valence electrons. The zero-order valence-corrected chi connectivity index (χ0v) is 26.8. The van der Waals surface area contributed by atoms with Crippen LogP contribution >= 0.6 is 0 Å². The van der Waals surface area contributed by atoms with E-state index < -0.39 is 17.4 Å². The van der Waals surface area contributed by atoms with Crippen molar-refractivity contribution < 1.29 is 41.2 Å². The Hall–Kier alpha value is -2.13. The van der Waals surface area contributed by atoms with Crippen molar-refractivity contribution in [2.45, 2.75) is 59.5 Å². The molecular formula is C28H48O9Si2. The lowest BCUT2D eigenvalue weighted by molar-refractivity contribution is -0.139. The van der Waals surface area contributed by atoms with Crippen LogP contribution in [0.4, 0.5) is 0 Å². The van der Waals surface area contributed by atoms with E-state index in [2.05, 4.69) is 13.2 Å². The first-order chi connectivity index (χ1) is 18.6. The van der Waals surface area contributed by atoms with Gasteiger partial charge in [-0.3, -0.25) is 0 Å². The molecule has 0 amide bonds. The molecule has 39 heavy (non-hydrogen) atoms. The number of hydrogen-bond acceptors (Lipinski definition) is 9. The molecule has 0 saturated carbocycles. The van der Waals surface area contributed by atoms with E-state index >= 15 is 0 Å². The van der Waals surface area contributed by atoms with Crippen molar-refractivity contribution in [2.24, 2.45) is 0 Å². The molecule has 0 aromatic heterocycles. The minimum Gasteiger partial charge on any atom is -0.462 e. The van der Waals surface area contributed by atoms with Gasteiger partial charge in [0.2, 0.25) is 0 Å². The van der Waals surface area contributed by atoms with Gasteiger partial charge in [-0.1, -0.05) is 43.5 Å². The molecular weight excluding hydrogens is 536 g/mol. The molecule has 11 heteroatoms. The van der Waals surface area contributed by atoms with Crippen LogP contribution in [0.25, 0.3) is 0 Å². The smallest absolute Gasteiger partial charge is 0.462 e. The lowest BCUT2D eigenvalue weighted by Gasteiger charge is -2.28. The second-order valence-electron chi connectivity index (χ2n) is 8.55. The minimum absolute atomic E-state index is 0.327. The van der Waals surface area contributed by atoms with Gasteiger partial charge in [0.05, 0.1) is 13.2 Å². The number of esters is 2. The number of carbonyl (C=O) groups is 2. The topological polar surface area (TPSA) is 98.8 Å². The predicted molar refractivity (Wildman–Crippen MR) is 157 cm³/mol. The van der Waals surface area contributed by atoms with Gasteiger partial charge >= 0.3 is 29.3 Å². The number of ether oxygens (including phenoxy) is 2. The number of carbonyl (C=O) groups excluding carboxylic acids is 2. The molecule has 1 aromatic rings. The fourth-order valence-electron chi connectivity index (χ4n) is 3.53. The fourth-order valence-corrected chi connectivity index (χ4v) is 8.76. The summed E-state index contributed by atoms with van der Waals surface area (Å²) in [6.45, 7) is 18.4. The summed E-state index contributed by atoms with van der Waals surface area (Å²) in [6.07, 6.45) is 1.35. The second kappa shape index (κ2) is 20.7. The summed E-state index contributed by atoms with van der Waals surface area (Å²) in [5.74, 6) is -0.719. The highest BCUT2D eigenvalue weighted by Gasteiger charge is 2.40. The summed E-state index contributed by atoms with van der Waals surface area (Å²) >= 11 is 0. The molecule has 0 fully saturated rings. The Balaban J connectivity index is 0.000000742. The van der Waals surface area contributed by atoms with Crippen LogP contribution in [0.3, 0.4) is 0 Å². The van der Waals surface area contributed by atoms with E-state index in [0.29, 0.717) is 63.1 Å². The predicted octanol–water partition coefficient (Wildman–Crippen LogP) is 4.68. The molecule has 0 heterocycles. The first-order valence-electron chi connectivity index (χ1n) is 13.3. The van der Waals surface area contributed by atoms with Gasteiger partial charge in [0.15, 0.2) is 0 Å². The molecule has 0 radical (unpaired) electrons. The van der Waals surface area contributed by atoms with Crippen molar-refractivity contribution in [3.05, 3.63) is 54.6 Å². The third kappa shape index (κ3) is 14.2. The van der Waals surface area contributed by atoms with Crippen molar-refractivity contribution in [1.82, 2.24) is 0 Å². The number of benzene rings is 1. The number of hydrogen-bond donors (Lipinski definition) is 0. The van der Waals surface area contributed by atoms with Crippen LogP contribution in [-0.2, 0) is 41.2 Å². The lowest BCUT2D eigenvalue weighted by Crippen LogP contribution is -2.52. The van der Waals surface area contributed by atoms with E-state index in [-0.39, 0.29) is 11.9 Å². The Morgan fingerprint density at radius 3 is 1.49 bits per heavy atom. The van der Waals surface area contributed by atoms with Crippen LogP contribution in [-0.4, -0.2) is 76.6 Å². The van der Waals surface area contributed by atoms with E-state index in [1.54, 1.807) is 28.1 Å². The molecule has 0 spiro atoms. The quantitative estimate of drug-likeness (QED) is 0.0993. The van der Waals surface area contributed by atoms with Gasteiger partial charge in [0, 0.05) is 51.2 Å². The molecule has 0 aliphatic heterocycles. The lowest BCUT2D eigenvalue weighted by atomic mass is 10.4.